The quantitative estimate of drug-likeness (QED) is 0.719. The first-order valence-corrected chi connectivity index (χ1v) is 10.0. The predicted molar refractivity (Wildman–Crippen MR) is 105 cm³/mol. The zero-order valence-electron chi connectivity index (χ0n) is 17.4. The summed E-state index contributed by atoms with van der Waals surface area (Å²) < 4.78 is 35.8. The van der Waals surface area contributed by atoms with Crippen LogP contribution in [0.4, 0.5) is 10.1 Å². The van der Waals surface area contributed by atoms with Crippen molar-refractivity contribution < 1.29 is 38.0 Å². The molecule has 0 radical (unpaired) electrons. The van der Waals surface area contributed by atoms with Gasteiger partial charge in [0.05, 0.1) is 19.8 Å². The lowest BCUT2D eigenvalue weighted by atomic mass is 10.1. The largest absolute Gasteiger partial charge is 0.487 e. The number of rotatable bonds is 5. The number of nitrogens with zero attached hydrogens (tertiary/aromatic N) is 1. The van der Waals surface area contributed by atoms with E-state index in [-0.39, 0.29) is 25.0 Å². The minimum absolute atomic E-state index is 0.0444. The van der Waals surface area contributed by atoms with Crippen LogP contribution < -0.4 is 9.64 Å². The Morgan fingerprint density at radius 1 is 1.27 bits per heavy atom. The van der Waals surface area contributed by atoms with Gasteiger partial charge in [0.2, 0.25) is 0 Å². The molecule has 1 amide bonds. The molecule has 2 aliphatic rings. The fourth-order valence-corrected chi connectivity index (χ4v) is 3.30. The molecule has 2 heterocycles. The van der Waals surface area contributed by atoms with Crippen LogP contribution in [-0.4, -0.2) is 67.3 Å². The number of aliphatic hydroxyl groups is 1. The molecule has 2 aliphatic heterocycles. The highest BCUT2D eigenvalue weighted by molar-refractivity contribution is 6.00. The standard InChI is InChI=1S/C21H28FNO7/c1-21(2,3)30-20(26)17(24)18-19(25)23(8-11-28-18)13-4-5-15(22)16(12-13)29-14-6-9-27-10-7-14/h4-5,12,14,17-18,24H,6-11H2,1-3H3/t17-,18-/m1/s1. The van der Waals surface area contributed by atoms with Gasteiger partial charge in [-0.05, 0) is 32.9 Å². The summed E-state index contributed by atoms with van der Waals surface area (Å²) in [5, 5.41) is 10.3. The highest BCUT2D eigenvalue weighted by Gasteiger charge is 2.41. The maximum atomic E-state index is 14.3. The smallest absolute Gasteiger partial charge is 0.338 e. The van der Waals surface area contributed by atoms with Crippen molar-refractivity contribution in [3.63, 3.8) is 0 Å². The molecule has 3 rings (SSSR count). The minimum Gasteiger partial charge on any atom is -0.487 e. The molecule has 166 valence electrons. The third-order valence-corrected chi connectivity index (χ3v) is 4.75. The fourth-order valence-electron chi connectivity index (χ4n) is 3.30. The molecule has 0 aromatic heterocycles. The number of esters is 1. The third kappa shape index (κ3) is 5.47. The van der Waals surface area contributed by atoms with Crippen LogP contribution in [0.2, 0.25) is 0 Å². The molecule has 30 heavy (non-hydrogen) atoms. The van der Waals surface area contributed by atoms with Crippen LogP contribution in [0.25, 0.3) is 0 Å². The molecule has 1 N–H and O–H groups in total. The van der Waals surface area contributed by atoms with Gasteiger partial charge in [0.15, 0.2) is 23.8 Å². The molecular formula is C21H28FNO7. The molecule has 0 bridgehead atoms. The number of amides is 1. The highest BCUT2D eigenvalue weighted by Crippen LogP contribution is 2.29. The first kappa shape index (κ1) is 22.5. The second-order valence-corrected chi connectivity index (χ2v) is 8.30. The molecule has 0 saturated carbocycles. The Morgan fingerprint density at radius 3 is 2.63 bits per heavy atom. The van der Waals surface area contributed by atoms with E-state index >= 15 is 0 Å². The van der Waals surface area contributed by atoms with Crippen LogP contribution in [0.3, 0.4) is 0 Å². The third-order valence-electron chi connectivity index (χ3n) is 4.75. The van der Waals surface area contributed by atoms with Gasteiger partial charge >= 0.3 is 5.97 Å². The van der Waals surface area contributed by atoms with E-state index in [2.05, 4.69) is 0 Å². The molecule has 2 fully saturated rings. The number of carbonyl (C=O) groups is 2. The zero-order chi connectivity index (χ0) is 21.9. The van der Waals surface area contributed by atoms with Crippen molar-refractivity contribution in [1.82, 2.24) is 0 Å². The number of anilines is 1. The topological polar surface area (TPSA) is 94.5 Å². The van der Waals surface area contributed by atoms with E-state index in [0.717, 1.165) is 0 Å². The summed E-state index contributed by atoms with van der Waals surface area (Å²) in [4.78, 5) is 26.4. The molecule has 0 unspecified atom stereocenters. The average Bonchev–Trinajstić information content (AvgIpc) is 2.69. The van der Waals surface area contributed by atoms with Crippen LogP contribution in [-0.2, 0) is 23.8 Å². The number of ether oxygens (including phenoxy) is 4. The van der Waals surface area contributed by atoms with Crippen molar-refractivity contribution >= 4 is 17.6 Å². The Hall–Kier alpha value is -2.23. The van der Waals surface area contributed by atoms with E-state index < -0.39 is 35.5 Å². The van der Waals surface area contributed by atoms with E-state index in [9.17, 15) is 19.1 Å². The summed E-state index contributed by atoms with van der Waals surface area (Å²) in [7, 11) is 0. The van der Waals surface area contributed by atoms with Gasteiger partial charge in [-0.15, -0.1) is 0 Å². The second kappa shape index (κ2) is 9.28. The summed E-state index contributed by atoms with van der Waals surface area (Å²) >= 11 is 0. The van der Waals surface area contributed by atoms with E-state index in [1.807, 2.05) is 0 Å². The van der Waals surface area contributed by atoms with E-state index in [4.69, 9.17) is 18.9 Å². The number of benzene rings is 1. The van der Waals surface area contributed by atoms with Crippen LogP contribution in [0, 0.1) is 5.82 Å². The number of hydrogen-bond acceptors (Lipinski definition) is 7. The van der Waals surface area contributed by atoms with Gasteiger partial charge in [0, 0.05) is 31.1 Å². The number of aliphatic hydroxyl groups excluding tert-OH is 1. The Kier molecular flexibility index (Phi) is 6.95. The summed E-state index contributed by atoms with van der Waals surface area (Å²) in [6.45, 7) is 6.38. The second-order valence-electron chi connectivity index (χ2n) is 8.30. The Balaban J connectivity index is 1.74. The van der Waals surface area contributed by atoms with Crippen LogP contribution in [0.5, 0.6) is 5.75 Å². The SMILES string of the molecule is CC(C)(C)OC(=O)[C@H](O)[C@H]1OCCN(c2ccc(F)c(OC3CCOCC3)c2)C1=O. The van der Waals surface area contributed by atoms with E-state index in [1.54, 1.807) is 20.8 Å². The maximum absolute atomic E-state index is 14.3. The van der Waals surface area contributed by atoms with Gasteiger partial charge in [-0.3, -0.25) is 4.79 Å². The van der Waals surface area contributed by atoms with Gasteiger partial charge in [-0.25, -0.2) is 9.18 Å². The molecule has 2 atom stereocenters. The molecule has 9 heteroatoms. The summed E-state index contributed by atoms with van der Waals surface area (Å²) in [6.07, 6.45) is -2.02. The number of hydrogen-bond donors (Lipinski definition) is 1. The van der Waals surface area contributed by atoms with Gasteiger partial charge < -0.3 is 29.0 Å². The summed E-state index contributed by atoms with van der Waals surface area (Å²) in [6, 6.07) is 4.13. The fraction of sp³-hybridized carbons (Fsp3) is 0.619. The maximum Gasteiger partial charge on any atom is 0.338 e. The Morgan fingerprint density at radius 2 is 1.97 bits per heavy atom. The van der Waals surface area contributed by atoms with Gasteiger partial charge in [0.1, 0.15) is 11.7 Å². The lowest BCUT2D eigenvalue weighted by Gasteiger charge is -2.34. The molecule has 2 saturated heterocycles. The van der Waals surface area contributed by atoms with Crippen LogP contribution >= 0.6 is 0 Å². The predicted octanol–water partition coefficient (Wildman–Crippen LogP) is 1.82. The van der Waals surface area contributed by atoms with Crippen molar-refractivity contribution in [2.24, 2.45) is 0 Å². The molecule has 1 aromatic carbocycles. The van der Waals surface area contributed by atoms with E-state index in [0.29, 0.717) is 31.7 Å². The molecule has 1 aromatic rings. The normalized spacial score (nSPS) is 22.0. The van der Waals surface area contributed by atoms with Gasteiger partial charge in [0.25, 0.3) is 5.91 Å². The van der Waals surface area contributed by atoms with Crippen molar-refractivity contribution in [3.8, 4) is 5.75 Å². The van der Waals surface area contributed by atoms with Gasteiger partial charge in [-0.2, -0.15) is 0 Å². The first-order valence-electron chi connectivity index (χ1n) is 10.0. The first-order chi connectivity index (χ1) is 14.2. The monoisotopic (exact) mass is 425 g/mol. The minimum atomic E-state index is -1.77. The Labute approximate surface area is 174 Å². The number of halogens is 1. The lowest BCUT2D eigenvalue weighted by molar-refractivity contribution is -0.177. The molecule has 0 spiro atoms. The highest BCUT2D eigenvalue weighted by atomic mass is 19.1. The Bertz CT molecular complexity index is 773. The average molecular weight is 425 g/mol. The van der Waals surface area contributed by atoms with Crippen molar-refractivity contribution in [3.05, 3.63) is 24.0 Å². The van der Waals surface area contributed by atoms with Crippen molar-refractivity contribution in [2.75, 3.05) is 31.3 Å². The molecule has 8 nitrogen and oxygen atoms in total. The lowest BCUT2D eigenvalue weighted by Crippen LogP contribution is -2.55. The molecule has 0 aliphatic carbocycles. The number of carbonyl (C=O) groups excluding carboxylic acids is 2. The van der Waals surface area contributed by atoms with Crippen molar-refractivity contribution in [2.45, 2.75) is 57.5 Å². The number of morpholine rings is 1. The summed E-state index contributed by atoms with van der Waals surface area (Å²) in [5.41, 5.74) is -0.420. The van der Waals surface area contributed by atoms with Crippen molar-refractivity contribution in [1.29, 1.82) is 0 Å². The van der Waals surface area contributed by atoms with Gasteiger partial charge in [-0.1, -0.05) is 0 Å². The van der Waals surface area contributed by atoms with Crippen LogP contribution in [0.15, 0.2) is 18.2 Å². The van der Waals surface area contributed by atoms with Crippen LogP contribution in [0.1, 0.15) is 33.6 Å². The van der Waals surface area contributed by atoms with E-state index in [1.165, 1.54) is 23.1 Å². The zero-order valence-corrected chi connectivity index (χ0v) is 17.4. The summed E-state index contributed by atoms with van der Waals surface area (Å²) in [5.74, 6) is -2.03. The molecular weight excluding hydrogens is 397 g/mol.